The third kappa shape index (κ3) is 2.14. The van der Waals surface area contributed by atoms with Crippen LogP contribution in [0.1, 0.15) is 18.8 Å². The predicted molar refractivity (Wildman–Crippen MR) is 52.2 cm³/mol. The standard InChI is InChI=1S/C10H8F3N3O/c1-4(14)9-15-10(17-16-9)5-2-6(11)8(13)7(12)3-5/h2-4H,14H2,1H3. The maximum atomic E-state index is 13.0. The van der Waals surface area contributed by atoms with Crippen molar-refractivity contribution in [3.63, 3.8) is 0 Å². The van der Waals surface area contributed by atoms with E-state index in [1.54, 1.807) is 6.92 Å². The molecule has 4 nitrogen and oxygen atoms in total. The van der Waals surface area contributed by atoms with Crippen molar-refractivity contribution < 1.29 is 17.7 Å². The molecule has 1 atom stereocenters. The van der Waals surface area contributed by atoms with Gasteiger partial charge in [0.15, 0.2) is 23.3 Å². The molecule has 17 heavy (non-hydrogen) atoms. The lowest BCUT2D eigenvalue weighted by Crippen LogP contribution is -2.06. The van der Waals surface area contributed by atoms with Crippen molar-refractivity contribution in [2.24, 2.45) is 5.73 Å². The molecule has 0 radical (unpaired) electrons. The van der Waals surface area contributed by atoms with Gasteiger partial charge in [-0.15, -0.1) is 0 Å². The Balaban J connectivity index is 2.46. The van der Waals surface area contributed by atoms with Crippen LogP contribution in [-0.2, 0) is 0 Å². The van der Waals surface area contributed by atoms with E-state index in [0.717, 1.165) is 12.1 Å². The van der Waals surface area contributed by atoms with E-state index < -0.39 is 23.5 Å². The number of nitrogens with two attached hydrogens (primary N) is 1. The summed E-state index contributed by atoms with van der Waals surface area (Å²) >= 11 is 0. The van der Waals surface area contributed by atoms with Crippen molar-refractivity contribution in [3.05, 3.63) is 35.4 Å². The first-order chi connectivity index (χ1) is 7.99. The summed E-state index contributed by atoms with van der Waals surface area (Å²) in [6.07, 6.45) is 0. The first-order valence-corrected chi connectivity index (χ1v) is 4.73. The highest BCUT2D eigenvalue weighted by atomic mass is 19.2. The van der Waals surface area contributed by atoms with Gasteiger partial charge in [0.2, 0.25) is 0 Å². The van der Waals surface area contributed by atoms with Crippen molar-refractivity contribution in [2.75, 3.05) is 0 Å². The maximum Gasteiger partial charge on any atom is 0.258 e. The van der Waals surface area contributed by atoms with Gasteiger partial charge in [0, 0.05) is 5.56 Å². The molecule has 2 aromatic rings. The summed E-state index contributed by atoms with van der Waals surface area (Å²) in [6.45, 7) is 1.63. The minimum absolute atomic E-state index is 0.0409. The number of aromatic nitrogens is 2. The van der Waals surface area contributed by atoms with E-state index in [9.17, 15) is 13.2 Å². The summed E-state index contributed by atoms with van der Waals surface area (Å²) in [6, 6.07) is 1.08. The fourth-order valence-corrected chi connectivity index (χ4v) is 1.22. The van der Waals surface area contributed by atoms with E-state index in [2.05, 4.69) is 10.1 Å². The van der Waals surface area contributed by atoms with Crippen LogP contribution in [0.5, 0.6) is 0 Å². The van der Waals surface area contributed by atoms with Crippen LogP contribution >= 0.6 is 0 Å². The van der Waals surface area contributed by atoms with Crippen molar-refractivity contribution in [1.82, 2.24) is 10.1 Å². The highest BCUT2D eigenvalue weighted by molar-refractivity contribution is 5.53. The molecule has 0 aliphatic rings. The van der Waals surface area contributed by atoms with E-state index >= 15 is 0 Å². The van der Waals surface area contributed by atoms with Crippen molar-refractivity contribution in [3.8, 4) is 11.5 Å². The third-order valence-electron chi connectivity index (χ3n) is 2.08. The molecule has 0 amide bonds. The molecule has 0 spiro atoms. The van der Waals surface area contributed by atoms with E-state index in [0.29, 0.717) is 0 Å². The lowest BCUT2D eigenvalue weighted by Gasteiger charge is -1.98. The average molecular weight is 243 g/mol. The zero-order valence-corrected chi connectivity index (χ0v) is 8.75. The molecule has 0 bridgehead atoms. The Bertz CT molecular complexity index is 530. The molecule has 1 aromatic carbocycles. The Morgan fingerprint density at radius 1 is 1.24 bits per heavy atom. The van der Waals surface area contributed by atoms with Gasteiger partial charge < -0.3 is 10.3 Å². The van der Waals surface area contributed by atoms with Crippen LogP contribution in [0.2, 0.25) is 0 Å². The van der Waals surface area contributed by atoms with Crippen LogP contribution in [0.3, 0.4) is 0 Å². The Hall–Kier alpha value is -1.89. The highest BCUT2D eigenvalue weighted by Crippen LogP contribution is 2.23. The topological polar surface area (TPSA) is 64.9 Å². The highest BCUT2D eigenvalue weighted by Gasteiger charge is 2.16. The van der Waals surface area contributed by atoms with Crippen molar-refractivity contribution in [1.29, 1.82) is 0 Å². The smallest absolute Gasteiger partial charge is 0.258 e. The lowest BCUT2D eigenvalue weighted by atomic mass is 10.2. The predicted octanol–water partition coefficient (Wildman–Crippen LogP) is 2.17. The van der Waals surface area contributed by atoms with Gasteiger partial charge in [0.05, 0.1) is 6.04 Å². The second-order valence-electron chi connectivity index (χ2n) is 3.50. The maximum absolute atomic E-state index is 13.0. The first-order valence-electron chi connectivity index (χ1n) is 4.73. The third-order valence-corrected chi connectivity index (χ3v) is 2.08. The van der Waals surface area contributed by atoms with Crippen LogP contribution < -0.4 is 5.73 Å². The molecule has 90 valence electrons. The van der Waals surface area contributed by atoms with Crippen molar-refractivity contribution in [2.45, 2.75) is 13.0 Å². The van der Waals surface area contributed by atoms with Gasteiger partial charge in [-0.2, -0.15) is 4.98 Å². The number of nitrogens with zero attached hydrogens (tertiary/aromatic N) is 2. The van der Waals surface area contributed by atoms with Crippen LogP contribution in [0.4, 0.5) is 13.2 Å². The summed E-state index contributed by atoms with van der Waals surface area (Å²) in [7, 11) is 0. The van der Waals surface area contributed by atoms with Crippen LogP contribution in [0.15, 0.2) is 16.7 Å². The van der Waals surface area contributed by atoms with E-state index in [4.69, 9.17) is 10.3 Å². The number of rotatable bonds is 2. The van der Waals surface area contributed by atoms with Gasteiger partial charge in [0.25, 0.3) is 5.89 Å². The Morgan fingerprint density at radius 2 is 1.82 bits per heavy atom. The number of hydrogen-bond donors (Lipinski definition) is 1. The average Bonchev–Trinajstić information content (AvgIpc) is 2.74. The fraction of sp³-hybridized carbons (Fsp3) is 0.200. The molecular weight excluding hydrogens is 235 g/mol. The van der Waals surface area contributed by atoms with Crippen LogP contribution in [0.25, 0.3) is 11.5 Å². The molecule has 0 saturated heterocycles. The molecule has 0 fully saturated rings. The van der Waals surface area contributed by atoms with E-state index in [-0.39, 0.29) is 17.3 Å². The number of hydrogen-bond acceptors (Lipinski definition) is 4. The van der Waals surface area contributed by atoms with Gasteiger partial charge in [-0.1, -0.05) is 5.16 Å². The molecule has 1 unspecified atom stereocenters. The monoisotopic (exact) mass is 243 g/mol. The van der Waals surface area contributed by atoms with Crippen LogP contribution in [0, 0.1) is 17.5 Å². The first kappa shape index (κ1) is 11.6. The van der Waals surface area contributed by atoms with Gasteiger partial charge in [0.1, 0.15) is 0 Å². The molecule has 0 aliphatic carbocycles. The molecular formula is C10H8F3N3O. The molecule has 0 aliphatic heterocycles. The molecule has 2 rings (SSSR count). The van der Waals surface area contributed by atoms with Gasteiger partial charge in [-0.05, 0) is 19.1 Å². The minimum Gasteiger partial charge on any atom is -0.334 e. The summed E-state index contributed by atoms with van der Waals surface area (Å²) in [4.78, 5) is 3.83. The molecule has 2 N–H and O–H groups in total. The zero-order valence-electron chi connectivity index (χ0n) is 8.75. The van der Waals surface area contributed by atoms with E-state index in [1.807, 2.05) is 0 Å². The number of benzene rings is 1. The summed E-state index contributed by atoms with van der Waals surface area (Å²) in [5.74, 6) is -4.10. The van der Waals surface area contributed by atoms with E-state index in [1.165, 1.54) is 0 Å². The summed E-state index contributed by atoms with van der Waals surface area (Å²) < 4.78 is 43.4. The van der Waals surface area contributed by atoms with Gasteiger partial charge in [-0.3, -0.25) is 0 Å². The van der Waals surface area contributed by atoms with Gasteiger partial charge in [-0.25, -0.2) is 13.2 Å². The van der Waals surface area contributed by atoms with Crippen LogP contribution in [-0.4, -0.2) is 10.1 Å². The van der Waals surface area contributed by atoms with Crippen molar-refractivity contribution >= 4 is 0 Å². The molecule has 1 aromatic heterocycles. The second kappa shape index (κ2) is 4.17. The Kier molecular flexibility index (Phi) is 2.84. The molecule has 7 heteroatoms. The lowest BCUT2D eigenvalue weighted by molar-refractivity contribution is 0.415. The minimum atomic E-state index is -1.54. The summed E-state index contributed by atoms with van der Waals surface area (Å²) in [5.41, 5.74) is 5.45. The Labute approximate surface area is 94.2 Å². The largest absolute Gasteiger partial charge is 0.334 e. The quantitative estimate of drug-likeness (QED) is 0.821. The second-order valence-corrected chi connectivity index (χ2v) is 3.50. The zero-order chi connectivity index (χ0) is 12.6. The summed E-state index contributed by atoms with van der Waals surface area (Å²) in [5, 5.41) is 3.52. The fourth-order valence-electron chi connectivity index (χ4n) is 1.22. The number of halogens is 3. The SMILES string of the molecule is CC(N)c1noc(-c2cc(F)c(F)c(F)c2)n1. The molecule has 1 heterocycles. The Morgan fingerprint density at radius 3 is 2.29 bits per heavy atom. The van der Waals surface area contributed by atoms with Gasteiger partial charge >= 0.3 is 0 Å². The normalized spacial score (nSPS) is 12.8. The molecule has 0 saturated carbocycles.